The van der Waals surface area contributed by atoms with Crippen molar-refractivity contribution in [2.24, 2.45) is 0 Å². The molecular weight excluding hydrogens is 260 g/mol. The van der Waals surface area contributed by atoms with Crippen LogP contribution in [0.25, 0.3) is 0 Å². The number of carbonyl (C=O) groups is 1. The summed E-state index contributed by atoms with van der Waals surface area (Å²) in [6, 6.07) is 4.94. The van der Waals surface area contributed by atoms with Crippen LogP contribution in [0.15, 0.2) is 18.2 Å². The van der Waals surface area contributed by atoms with E-state index in [-0.39, 0.29) is 6.61 Å². The van der Waals surface area contributed by atoms with Crippen molar-refractivity contribution in [1.29, 1.82) is 0 Å². The van der Waals surface area contributed by atoms with Crippen LogP contribution in [0.3, 0.4) is 0 Å². The molecule has 0 saturated heterocycles. The first-order valence-electron chi connectivity index (χ1n) is 6.46. The quantitative estimate of drug-likeness (QED) is 0.640. The Bertz CT molecular complexity index is 448. The third-order valence-electron chi connectivity index (χ3n) is 2.39. The highest BCUT2D eigenvalue weighted by atomic mass is 16.6. The average molecular weight is 282 g/mol. The number of benzene rings is 1. The zero-order valence-corrected chi connectivity index (χ0v) is 12.4. The Hall–Kier alpha value is -1.59. The second kappa shape index (κ2) is 7.26. The maximum absolute atomic E-state index is 12.2. The van der Waals surface area contributed by atoms with Crippen molar-refractivity contribution in [3.63, 3.8) is 0 Å². The van der Waals surface area contributed by atoms with Crippen LogP contribution in [-0.2, 0) is 16.1 Å². The van der Waals surface area contributed by atoms with Crippen molar-refractivity contribution >= 4 is 5.97 Å². The highest BCUT2D eigenvalue weighted by Crippen LogP contribution is 2.23. The Balaban J connectivity index is 2.96. The second-order valence-electron chi connectivity index (χ2n) is 5.33. The number of hydrogen-bond donors (Lipinski definition) is 1. The van der Waals surface area contributed by atoms with Gasteiger partial charge in [-0.25, -0.2) is 4.79 Å². The summed E-state index contributed by atoms with van der Waals surface area (Å²) in [5.41, 5.74) is 0.350. The van der Waals surface area contributed by atoms with Gasteiger partial charge in [0.05, 0.1) is 13.2 Å². The maximum Gasteiger partial charge on any atom is 0.342 e. The Morgan fingerprint density at radius 1 is 1.25 bits per heavy atom. The van der Waals surface area contributed by atoms with Crippen molar-refractivity contribution in [2.45, 2.75) is 33.0 Å². The third-order valence-corrected chi connectivity index (χ3v) is 2.39. The first kappa shape index (κ1) is 16.5. The molecule has 0 spiro atoms. The molecule has 1 rings (SSSR count). The largest absolute Gasteiger partial charge is 0.490 e. The Labute approximate surface area is 119 Å². The molecule has 0 fully saturated rings. The predicted molar refractivity (Wildman–Crippen MR) is 74.9 cm³/mol. The summed E-state index contributed by atoms with van der Waals surface area (Å²) in [6.07, 6.45) is 0. The molecule has 0 aliphatic heterocycles. The number of aliphatic hydroxyl groups excluding tert-OH is 1. The summed E-state index contributed by atoms with van der Waals surface area (Å²) >= 11 is 0. The minimum absolute atomic E-state index is 0.145. The van der Waals surface area contributed by atoms with Crippen molar-refractivity contribution in [1.82, 2.24) is 0 Å². The van der Waals surface area contributed by atoms with E-state index in [0.717, 1.165) is 0 Å². The maximum atomic E-state index is 12.2. The molecule has 0 aliphatic rings. The highest BCUT2D eigenvalue weighted by Gasteiger charge is 2.21. The van der Waals surface area contributed by atoms with E-state index in [1.54, 1.807) is 46.1 Å². The summed E-state index contributed by atoms with van der Waals surface area (Å²) in [6.45, 7) is 6.01. The smallest absolute Gasteiger partial charge is 0.342 e. The Kier molecular flexibility index (Phi) is 5.98. The van der Waals surface area contributed by atoms with E-state index < -0.39 is 11.6 Å². The lowest BCUT2D eigenvalue weighted by Gasteiger charge is -2.21. The van der Waals surface area contributed by atoms with Crippen LogP contribution in [0.5, 0.6) is 5.75 Å². The SMILES string of the molecule is COCCOc1ccc(CO)cc1C(=O)OC(C)(C)C. The number of ether oxygens (including phenoxy) is 3. The minimum Gasteiger partial charge on any atom is -0.490 e. The van der Waals surface area contributed by atoms with Gasteiger partial charge >= 0.3 is 5.97 Å². The summed E-state index contributed by atoms with van der Waals surface area (Å²) in [5, 5.41) is 9.17. The van der Waals surface area contributed by atoms with Gasteiger partial charge in [0.25, 0.3) is 0 Å². The number of esters is 1. The minimum atomic E-state index is -0.587. The van der Waals surface area contributed by atoms with Gasteiger partial charge in [-0.1, -0.05) is 6.07 Å². The first-order valence-corrected chi connectivity index (χ1v) is 6.46. The van der Waals surface area contributed by atoms with E-state index in [9.17, 15) is 4.79 Å². The molecule has 0 aromatic heterocycles. The molecule has 112 valence electrons. The molecule has 0 bridgehead atoms. The standard InChI is InChI=1S/C15H22O5/c1-15(2,3)20-14(17)12-9-11(10-16)5-6-13(12)19-8-7-18-4/h5-6,9,16H,7-8,10H2,1-4H3. The van der Waals surface area contributed by atoms with E-state index >= 15 is 0 Å². The molecule has 1 N–H and O–H groups in total. The second-order valence-corrected chi connectivity index (χ2v) is 5.33. The van der Waals surface area contributed by atoms with Crippen molar-refractivity contribution in [3.05, 3.63) is 29.3 Å². The van der Waals surface area contributed by atoms with Gasteiger partial charge in [0.1, 0.15) is 23.5 Å². The molecule has 0 unspecified atom stereocenters. The van der Waals surface area contributed by atoms with Crippen LogP contribution in [0.4, 0.5) is 0 Å². The van der Waals surface area contributed by atoms with Gasteiger partial charge in [0.2, 0.25) is 0 Å². The van der Waals surface area contributed by atoms with E-state index in [2.05, 4.69) is 0 Å². The van der Waals surface area contributed by atoms with Crippen LogP contribution in [0.2, 0.25) is 0 Å². The van der Waals surface area contributed by atoms with E-state index in [0.29, 0.717) is 30.1 Å². The Morgan fingerprint density at radius 3 is 2.50 bits per heavy atom. The summed E-state index contributed by atoms with van der Waals surface area (Å²) in [5.74, 6) is -0.0475. The molecule has 0 radical (unpaired) electrons. The van der Waals surface area contributed by atoms with E-state index in [1.165, 1.54) is 0 Å². The average Bonchev–Trinajstić information content (AvgIpc) is 2.37. The van der Waals surface area contributed by atoms with Gasteiger partial charge in [0.15, 0.2) is 0 Å². The van der Waals surface area contributed by atoms with Crippen LogP contribution in [-0.4, -0.2) is 37.0 Å². The lowest BCUT2D eigenvalue weighted by molar-refractivity contribution is 0.00647. The van der Waals surface area contributed by atoms with E-state index in [1.807, 2.05) is 0 Å². The molecule has 0 saturated carbocycles. The van der Waals surface area contributed by atoms with Gasteiger partial charge in [-0.3, -0.25) is 0 Å². The van der Waals surface area contributed by atoms with E-state index in [4.69, 9.17) is 19.3 Å². The fourth-order valence-electron chi connectivity index (χ4n) is 1.53. The first-order chi connectivity index (χ1) is 9.37. The normalized spacial score (nSPS) is 11.2. The summed E-state index contributed by atoms with van der Waals surface area (Å²) in [4.78, 5) is 12.2. The third kappa shape index (κ3) is 5.19. The molecular formula is C15H22O5. The molecule has 0 amide bonds. The summed E-state index contributed by atoms with van der Waals surface area (Å²) in [7, 11) is 1.58. The zero-order chi connectivity index (χ0) is 15.2. The van der Waals surface area contributed by atoms with Crippen LogP contribution < -0.4 is 4.74 Å². The molecule has 20 heavy (non-hydrogen) atoms. The fourth-order valence-corrected chi connectivity index (χ4v) is 1.53. The van der Waals surface area contributed by atoms with Gasteiger partial charge in [-0.2, -0.15) is 0 Å². The molecule has 0 atom stereocenters. The highest BCUT2D eigenvalue weighted by molar-refractivity contribution is 5.93. The number of rotatable bonds is 6. The number of methoxy groups -OCH3 is 1. The number of aliphatic hydroxyl groups is 1. The van der Waals surface area contributed by atoms with Gasteiger partial charge < -0.3 is 19.3 Å². The van der Waals surface area contributed by atoms with Crippen molar-refractivity contribution in [3.8, 4) is 5.75 Å². The molecule has 0 aliphatic carbocycles. The lowest BCUT2D eigenvalue weighted by Crippen LogP contribution is -2.24. The number of hydrogen-bond acceptors (Lipinski definition) is 5. The number of carbonyl (C=O) groups excluding carboxylic acids is 1. The van der Waals surface area contributed by atoms with Crippen LogP contribution >= 0.6 is 0 Å². The monoisotopic (exact) mass is 282 g/mol. The van der Waals surface area contributed by atoms with Gasteiger partial charge in [0, 0.05) is 7.11 Å². The molecule has 1 aromatic carbocycles. The van der Waals surface area contributed by atoms with Gasteiger partial charge in [-0.15, -0.1) is 0 Å². The van der Waals surface area contributed by atoms with Crippen LogP contribution in [0, 0.1) is 0 Å². The van der Waals surface area contributed by atoms with Gasteiger partial charge in [-0.05, 0) is 38.5 Å². The lowest BCUT2D eigenvalue weighted by atomic mass is 10.1. The fraction of sp³-hybridized carbons (Fsp3) is 0.533. The van der Waals surface area contributed by atoms with Crippen molar-refractivity contribution < 1.29 is 24.1 Å². The van der Waals surface area contributed by atoms with Crippen molar-refractivity contribution in [2.75, 3.05) is 20.3 Å². The molecule has 5 heteroatoms. The summed E-state index contributed by atoms with van der Waals surface area (Å²) < 4.78 is 15.8. The molecule has 0 heterocycles. The molecule has 1 aromatic rings. The van der Waals surface area contributed by atoms with Crippen LogP contribution in [0.1, 0.15) is 36.7 Å². The Morgan fingerprint density at radius 2 is 1.95 bits per heavy atom. The zero-order valence-electron chi connectivity index (χ0n) is 12.4. The predicted octanol–water partition coefficient (Wildman–Crippen LogP) is 2.16. The molecule has 5 nitrogen and oxygen atoms in total. The topological polar surface area (TPSA) is 65.0 Å².